The lowest BCUT2D eigenvalue weighted by molar-refractivity contribution is 0.223. The van der Waals surface area contributed by atoms with Gasteiger partial charge in [0.1, 0.15) is 5.75 Å². The second kappa shape index (κ2) is 6.52. The number of hydrogen-bond donors (Lipinski definition) is 2. The zero-order valence-corrected chi connectivity index (χ0v) is 12.6. The Hall–Kier alpha value is -2.49. The van der Waals surface area contributed by atoms with E-state index in [-0.39, 0.29) is 12.1 Å². The van der Waals surface area contributed by atoms with E-state index in [1.54, 1.807) is 0 Å². The van der Waals surface area contributed by atoms with Gasteiger partial charge in [0.15, 0.2) is 0 Å². The molecule has 22 heavy (non-hydrogen) atoms. The van der Waals surface area contributed by atoms with Gasteiger partial charge in [-0.3, -0.25) is 0 Å². The Labute approximate surface area is 130 Å². The molecule has 0 aromatic heterocycles. The normalized spacial score (nSPS) is 16.3. The number of rotatable bonds is 3. The minimum absolute atomic E-state index is 0.00228. The highest BCUT2D eigenvalue weighted by Crippen LogP contribution is 2.31. The molecule has 2 aromatic rings. The van der Waals surface area contributed by atoms with Gasteiger partial charge in [-0.25, -0.2) is 4.79 Å². The molecule has 4 nitrogen and oxygen atoms in total. The molecule has 1 atom stereocenters. The van der Waals surface area contributed by atoms with Crippen molar-refractivity contribution in [3.05, 3.63) is 65.2 Å². The van der Waals surface area contributed by atoms with Crippen molar-refractivity contribution in [3.8, 4) is 5.75 Å². The van der Waals surface area contributed by atoms with Crippen LogP contribution in [0.1, 0.15) is 29.2 Å². The van der Waals surface area contributed by atoms with E-state index < -0.39 is 0 Å². The summed E-state index contributed by atoms with van der Waals surface area (Å²) in [4.78, 5) is 12.1. The predicted molar refractivity (Wildman–Crippen MR) is 85.8 cm³/mol. The maximum Gasteiger partial charge on any atom is 0.315 e. The van der Waals surface area contributed by atoms with Crippen molar-refractivity contribution in [1.82, 2.24) is 10.6 Å². The smallest absolute Gasteiger partial charge is 0.315 e. The topological polar surface area (TPSA) is 50.4 Å². The molecule has 1 aliphatic heterocycles. The first-order chi connectivity index (χ1) is 10.7. The van der Waals surface area contributed by atoms with E-state index in [2.05, 4.69) is 16.7 Å². The molecule has 1 unspecified atom stereocenters. The van der Waals surface area contributed by atoms with E-state index in [0.29, 0.717) is 13.2 Å². The molecule has 0 saturated heterocycles. The molecule has 0 radical (unpaired) electrons. The van der Waals surface area contributed by atoms with Gasteiger partial charge in [0.25, 0.3) is 0 Å². The first-order valence-corrected chi connectivity index (χ1v) is 7.54. The van der Waals surface area contributed by atoms with Crippen molar-refractivity contribution in [2.24, 2.45) is 0 Å². The van der Waals surface area contributed by atoms with Crippen LogP contribution in [0.2, 0.25) is 0 Å². The fourth-order valence-electron chi connectivity index (χ4n) is 2.71. The van der Waals surface area contributed by atoms with Gasteiger partial charge >= 0.3 is 6.03 Å². The van der Waals surface area contributed by atoms with E-state index in [1.165, 1.54) is 5.56 Å². The SMILES string of the molecule is Cc1cccc(CNC(=O)NC2CCOc3ccccc32)c1. The monoisotopic (exact) mass is 296 g/mol. The summed E-state index contributed by atoms with van der Waals surface area (Å²) in [6, 6.07) is 15.8. The molecule has 1 heterocycles. The predicted octanol–water partition coefficient (Wildman–Crippen LogP) is 3.32. The van der Waals surface area contributed by atoms with Crippen molar-refractivity contribution < 1.29 is 9.53 Å². The van der Waals surface area contributed by atoms with Gasteiger partial charge in [-0.15, -0.1) is 0 Å². The molecule has 0 saturated carbocycles. The van der Waals surface area contributed by atoms with Crippen LogP contribution in [0.15, 0.2) is 48.5 Å². The van der Waals surface area contributed by atoms with E-state index >= 15 is 0 Å². The molecule has 4 heteroatoms. The molecule has 1 aliphatic rings. The van der Waals surface area contributed by atoms with Gasteiger partial charge in [-0.05, 0) is 18.6 Å². The third kappa shape index (κ3) is 3.39. The highest BCUT2D eigenvalue weighted by Gasteiger charge is 2.22. The molecule has 2 N–H and O–H groups in total. The van der Waals surface area contributed by atoms with Crippen LogP contribution in [-0.2, 0) is 6.54 Å². The van der Waals surface area contributed by atoms with E-state index in [4.69, 9.17) is 4.74 Å². The Balaban J connectivity index is 1.59. The number of aryl methyl sites for hydroxylation is 1. The highest BCUT2D eigenvalue weighted by molar-refractivity contribution is 5.74. The first kappa shape index (κ1) is 14.4. The Morgan fingerprint density at radius 3 is 2.95 bits per heavy atom. The standard InChI is InChI=1S/C18H20N2O2/c1-13-5-4-6-14(11-13)12-19-18(21)20-16-9-10-22-17-8-3-2-7-15(16)17/h2-8,11,16H,9-10,12H2,1H3,(H2,19,20,21). The quantitative estimate of drug-likeness (QED) is 0.913. The molecule has 0 bridgehead atoms. The second-order valence-corrected chi connectivity index (χ2v) is 5.54. The summed E-state index contributed by atoms with van der Waals surface area (Å²) in [5, 5.41) is 5.94. The minimum atomic E-state index is -0.150. The number of para-hydroxylation sites is 1. The number of benzene rings is 2. The number of urea groups is 1. The number of nitrogens with one attached hydrogen (secondary N) is 2. The fourth-order valence-corrected chi connectivity index (χ4v) is 2.71. The van der Waals surface area contributed by atoms with Gasteiger partial charge in [0.05, 0.1) is 12.6 Å². The molecule has 114 valence electrons. The third-order valence-electron chi connectivity index (χ3n) is 3.80. The molecular weight excluding hydrogens is 276 g/mol. The number of fused-ring (bicyclic) bond motifs is 1. The van der Waals surface area contributed by atoms with Gasteiger partial charge in [-0.2, -0.15) is 0 Å². The van der Waals surface area contributed by atoms with Crippen LogP contribution in [0.25, 0.3) is 0 Å². The number of ether oxygens (including phenoxy) is 1. The van der Waals surface area contributed by atoms with Gasteiger partial charge in [-0.1, -0.05) is 48.0 Å². The van der Waals surface area contributed by atoms with Crippen molar-refractivity contribution in [2.75, 3.05) is 6.61 Å². The molecule has 0 aliphatic carbocycles. The van der Waals surface area contributed by atoms with Crippen LogP contribution in [0.4, 0.5) is 4.79 Å². The minimum Gasteiger partial charge on any atom is -0.493 e. The number of amides is 2. The summed E-state index contributed by atoms with van der Waals surface area (Å²) in [6.07, 6.45) is 0.787. The summed E-state index contributed by atoms with van der Waals surface area (Å²) < 4.78 is 5.61. The lowest BCUT2D eigenvalue weighted by atomic mass is 10.0. The van der Waals surface area contributed by atoms with Crippen molar-refractivity contribution in [2.45, 2.75) is 25.9 Å². The lowest BCUT2D eigenvalue weighted by Gasteiger charge is -2.26. The van der Waals surface area contributed by atoms with Crippen LogP contribution in [-0.4, -0.2) is 12.6 Å². The highest BCUT2D eigenvalue weighted by atomic mass is 16.5. The third-order valence-corrected chi connectivity index (χ3v) is 3.80. The number of hydrogen-bond acceptors (Lipinski definition) is 2. The summed E-state index contributed by atoms with van der Waals surface area (Å²) in [5.41, 5.74) is 3.33. The first-order valence-electron chi connectivity index (χ1n) is 7.54. The van der Waals surface area contributed by atoms with Crippen LogP contribution >= 0.6 is 0 Å². The van der Waals surface area contributed by atoms with Gasteiger partial charge in [0, 0.05) is 18.5 Å². The van der Waals surface area contributed by atoms with Crippen LogP contribution in [0, 0.1) is 6.92 Å². The average Bonchev–Trinajstić information content (AvgIpc) is 2.53. The zero-order valence-electron chi connectivity index (χ0n) is 12.6. The molecule has 0 spiro atoms. The van der Waals surface area contributed by atoms with E-state index in [9.17, 15) is 4.79 Å². The van der Waals surface area contributed by atoms with E-state index in [0.717, 1.165) is 23.3 Å². The number of carbonyl (C=O) groups excluding carboxylic acids is 1. The fraction of sp³-hybridized carbons (Fsp3) is 0.278. The van der Waals surface area contributed by atoms with Gasteiger partial charge in [0.2, 0.25) is 0 Å². The molecular formula is C18H20N2O2. The van der Waals surface area contributed by atoms with Crippen molar-refractivity contribution >= 4 is 6.03 Å². The van der Waals surface area contributed by atoms with Crippen LogP contribution < -0.4 is 15.4 Å². The Bertz CT molecular complexity index is 670. The average molecular weight is 296 g/mol. The molecule has 2 amide bonds. The Kier molecular flexibility index (Phi) is 4.28. The maximum absolute atomic E-state index is 12.1. The maximum atomic E-state index is 12.1. The Morgan fingerprint density at radius 1 is 1.23 bits per heavy atom. The molecule has 3 rings (SSSR count). The summed E-state index contributed by atoms with van der Waals surface area (Å²) in [5.74, 6) is 0.859. The largest absolute Gasteiger partial charge is 0.493 e. The van der Waals surface area contributed by atoms with E-state index in [1.807, 2.05) is 49.4 Å². The van der Waals surface area contributed by atoms with Crippen LogP contribution in [0.3, 0.4) is 0 Å². The second-order valence-electron chi connectivity index (χ2n) is 5.54. The summed E-state index contributed by atoms with van der Waals surface area (Å²) in [7, 11) is 0. The molecule has 0 fully saturated rings. The van der Waals surface area contributed by atoms with Crippen molar-refractivity contribution in [3.63, 3.8) is 0 Å². The Morgan fingerprint density at radius 2 is 2.09 bits per heavy atom. The van der Waals surface area contributed by atoms with Crippen molar-refractivity contribution in [1.29, 1.82) is 0 Å². The van der Waals surface area contributed by atoms with Crippen LogP contribution in [0.5, 0.6) is 5.75 Å². The lowest BCUT2D eigenvalue weighted by Crippen LogP contribution is -2.39. The zero-order chi connectivity index (χ0) is 15.4. The molecule has 2 aromatic carbocycles. The number of carbonyl (C=O) groups is 1. The van der Waals surface area contributed by atoms with Gasteiger partial charge < -0.3 is 15.4 Å². The summed E-state index contributed by atoms with van der Waals surface area (Å²) in [6.45, 7) is 3.20. The summed E-state index contributed by atoms with van der Waals surface area (Å²) >= 11 is 0.